The van der Waals surface area contributed by atoms with Gasteiger partial charge in [0, 0.05) is 6.54 Å². The Hall–Kier alpha value is -0.510. The van der Waals surface area contributed by atoms with Crippen molar-refractivity contribution in [3.05, 3.63) is 0 Å². The Kier molecular flexibility index (Phi) is 8.70. The van der Waals surface area contributed by atoms with Gasteiger partial charge in [-0.15, -0.1) is 0 Å². The summed E-state index contributed by atoms with van der Waals surface area (Å²) < 4.78 is 8.61. The van der Waals surface area contributed by atoms with Crippen molar-refractivity contribution in [1.82, 2.24) is 15.8 Å². The molecule has 1 rings (SSSR count). The Morgan fingerprint density at radius 2 is 1.96 bits per heavy atom. The number of rotatable bonds is 5. The second-order valence-corrected chi connectivity index (χ2v) is 9.57. The van der Waals surface area contributed by atoms with Gasteiger partial charge in [-0.2, -0.15) is 0 Å². The lowest BCUT2D eigenvalue weighted by atomic mass is 10.1. The molecule has 0 spiro atoms. The van der Waals surface area contributed by atoms with Gasteiger partial charge in [0.2, 0.25) is 3.79 Å². The van der Waals surface area contributed by atoms with E-state index in [1.807, 2.05) is 0 Å². The lowest BCUT2D eigenvalue weighted by Crippen LogP contribution is -2.60. The predicted molar refractivity (Wildman–Crippen MR) is 99.0 cm³/mol. The van der Waals surface area contributed by atoms with E-state index in [0.717, 1.165) is 0 Å². The third kappa shape index (κ3) is 8.92. The number of aliphatic hydroxyl groups is 1. The number of nitrogens with zero attached hydrogens (tertiary/aromatic N) is 1. The molecular formula is C15H26Cl3N3O5. The van der Waals surface area contributed by atoms with Crippen LogP contribution in [0.25, 0.3) is 0 Å². The van der Waals surface area contributed by atoms with Crippen LogP contribution in [0.1, 0.15) is 40.5 Å². The van der Waals surface area contributed by atoms with Crippen LogP contribution in [0.4, 0.5) is 4.79 Å². The zero-order chi connectivity index (χ0) is 20.1. The summed E-state index contributed by atoms with van der Waals surface area (Å²) in [4.78, 5) is 24.3. The molecule has 1 fully saturated rings. The number of hydrogen-bond donors (Lipinski definition) is 3. The number of carbonyl (C=O) groups excluding carboxylic acids is 2. The SMILES string of the molecule is C[C@H](NC(=O)OC(C)(C)C)C(=O)N1CCC[C@@H](C(O)OCC(Cl)(Cl)Cl)N1. The van der Waals surface area contributed by atoms with E-state index in [2.05, 4.69) is 10.7 Å². The van der Waals surface area contributed by atoms with Crippen LogP contribution in [-0.2, 0) is 14.3 Å². The molecule has 1 unspecified atom stereocenters. The molecule has 26 heavy (non-hydrogen) atoms. The minimum absolute atomic E-state index is 0.290. The summed E-state index contributed by atoms with van der Waals surface area (Å²) in [5.41, 5.74) is 2.22. The van der Waals surface area contributed by atoms with Crippen molar-refractivity contribution in [2.75, 3.05) is 13.2 Å². The molecule has 0 aromatic carbocycles. The van der Waals surface area contributed by atoms with Gasteiger partial charge in [0.15, 0.2) is 6.29 Å². The van der Waals surface area contributed by atoms with Gasteiger partial charge in [0.05, 0.1) is 12.6 Å². The summed E-state index contributed by atoms with van der Waals surface area (Å²) in [5.74, 6) is -0.367. The van der Waals surface area contributed by atoms with Crippen molar-refractivity contribution in [2.24, 2.45) is 0 Å². The lowest BCUT2D eigenvalue weighted by Gasteiger charge is -2.37. The molecule has 0 aliphatic carbocycles. The standard InChI is InChI=1S/C15H26Cl3N3O5/c1-9(19-13(24)26-14(2,3)4)11(22)21-7-5-6-10(20-21)12(23)25-8-15(16,17)18/h9-10,12,20,23H,5-8H2,1-4H3,(H,19,24)/t9-,10-,12?/m0/s1. The first kappa shape index (κ1) is 23.5. The fourth-order valence-electron chi connectivity index (χ4n) is 2.25. The second-order valence-electron chi connectivity index (χ2n) is 7.05. The average Bonchev–Trinajstić information content (AvgIpc) is 2.49. The maximum absolute atomic E-state index is 12.5. The molecule has 0 aromatic heterocycles. The Morgan fingerprint density at radius 3 is 2.50 bits per heavy atom. The largest absolute Gasteiger partial charge is 0.444 e. The van der Waals surface area contributed by atoms with E-state index >= 15 is 0 Å². The van der Waals surface area contributed by atoms with Crippen LogP contribution >= 0.6 is 34.8 Å². The van der Waals surface area contributed by atoms with Crippen LogP contribution in [-0.4, -0.2) is 63.0 Å². The Labute approximate surface area is 168 Å². The quantitative estimate of drug-likeness (QED) is 0.452. The number of ether oxygens (including phenoxy) is 2. The van der Waals surface area contributed by atoms with Gasteiger partial charge in [0.1, 0.15) is 11.6 Å². The zero-order valence-electron chi connectivity index (χ0n) is 15.2. The van der Waals surface area contributed by atoms with Crippen LogP contribution < -0.4 is 10.7 Å². The Morgan fingerprint density at radius 1 is 1.35 bits per heavy atom. The molecule has 3 N–H and O–H groups in total. The summed E-state index contributed by atoms with van der Waals surface area (Å²) in [6, 6.07) is -1.36. The highest BCUT2D eigenvalue weighted by Crippen LogP contribution is 2.27. The van der Waals surface area contributed by atoms with E-state index in [9.17, 15) is 14.7 Å². The molecule has 8 nitrogen and oxygen atoms in total. The van der Waals surface area contributed by atoms with Gasteiger partial charge in [-0.05, 0) is 40.5 Å². The highest BCUT2D eigenvalue weighted by Gasteiger charge is 2.33. The fourth-order valence-corrected chi connectivity index (χ4v) is 2.44. The molecule has 0 bridgehead atoms. The molecule has 2 amide bonds. The van der Waals surface area contributed by atoms with Crippen LogP contribution in [0.2, 0.25) is 0 Å². The van der Waals surface area contributed by atoms with Gasteiger partial charge in [-0.3, -0.25) is 9.80 Å². The average molecular weight is 435 g/mol. The highest BCUT2D eigenvalue weighted by atomic mass is 35.6. The maximum atomic E-state index is 12.5. The minimum atomic E-state index is -1.64. The topological polar surface area (TPSA) is 100 Å². The fraction of sp³-hybridized carbons (Fsp3) is 0.867. The second kappa shape index (κ2) is 9.61. The van der Waals surface area contributed by atoms with E-state index in [1.165, 1.54) is 5.01 Å². The molecule has 1 saturated heterocycles. The number of aliphatic hydroxyl groups excluding tert-OH is 1. The third-order valence-corrected chi connectivity index (χ3v) is 3.68. The molecule has 3 atom stereocenters. The van der Waals surface area contributed by atoms with Crippen molar-refractivity contribution in [2.45, 2.75) is 68.3 Å². The lowest BCUT2D eigenvalue weighted by molar-refractivity contribution is -0.155. The van der Waals surface area contributed by atoms with Crippen LogP contribution in [0.15, 0.2) is 0 Å². The Bertz CT molecular complexity index is 496. The monoisotopic (exact) mass is 433 g/mol. The Balaban J connectivity index is 2.54. The number of nitrogens with one attached hydrogen (secondary N) is 2. The van der Waals surface area contributed by atoms with Gasteiger partial charge in [0.25, 0.3) is 5.91 Å². The summed E-state index contributed by atoms with van der Waals surface area (Å²) in [6.45, 7) is 6.87. The molecule has 152 valence electrons. The van der Waals surface area contributed by atoms with Crippen molar-refractivity contribution in [3.63, 3.8) is 0 Å². The number of hydrogen-bond acceptors (Lipinski definition) is 6. The number of hydrazine groups is 1. The summed E-state index contributed by atoms with van der Waals surface area (Å²) >= 11 is 16.8. The minimum Gasteiger partial charge on any atom is -0.444 e. The normalized spacial score (nSPS) is 21.1. The van der Waals surface area contributed by atoms with Crippen molar-refractivity contribution >= 4 is 46.8 Å². The van der Waals surface area contributed by atoms with E-state index in [1.54, 1.807) is 27.7 Å². The van der Waals surface area contributed by atoms with Crippen molar-refractivity contribution in [1.29, 1.82) is 0 Å². The number of halogens is 3. The first-order valence-corrected chi connectivity index (χ1v) is 9.35. The number of carbonyl (C=O) groups is 2. The molecule has 1 aliphatic heterocycles. The van der Waals surface area contributed by atoms with Crippen LogP contribution in [0.3, 0.4) is 0 Å². The number of alkyl carbamates (subject to hydrolysis) is 1. The first-order chi connectivity index (χ1) is 11.8. The van der Waals surface area contributed by atoms with E-state index in [-0.39, 0.29) is 12.5 Å². The first-order valence-electron chi connectivity index (χ1n) is 8.22. The van der Waals surface area contributed by atoms with Gasteiger partial charge in [-0.25, -0.2) is 10.2 Å². The molecule has 0 saturated carbocycles. The summed E-state index contributed by atoms with van der Waals surface area (Å²) in [7, 11) is 0. The number of alkyl halides is 3. The summed E-state index contributed by atoms with van der Waals surface area (Å²) in [6.07, 6.45) is -0.733. The maximum Gasteiger partial charge on any atom is 0.408 e. The third-order valence-electron chi connectivity index (χ3n) is 3.35. The molecule has 0 aromatic rings. The van der Waals surface area contributed by atoms with Gasteiger partial charge >= 0.3 is 6.09 Å². The van der Waals surface area contributed by atoms with Crippen molar-refractivity contribution in [3.8, 4) is 0 Å². The smallest absolute Gasteiger partial charge is 0.408 e. The zero-order valence-corrected chi connectivity index (χ0v) is 17.5. The predicted octanol–water partition coefficient (Wildman–Crippen LogP) is 2.10. The van der Waals surface area contributed by atoms with Gasteiger partial charge < -0.3 is 19.9 Å². The van der Waals surface area contributed by atoms with E-state index < -0.39 is 33.9 Å². The van der Waals surface area contributed by atoms with E-state index in [0.29, 0.717) is 19.4 Å². The highest BCUT2D eigenvalue weighted by molar-refractivity contribution is 6.67. The van der Waals surface area contributed by atoms with Gasteiger partial charge in [-0.1, -0.05) is 34.8 Å². The molecule has 1 heterocycles. The number of amides is 2. The van der Waals surface area contributed by atoms with Crippen LogP contribution in [0.5, 0.6) is 0 Å². The van der Waals surface area contributed by atoms with Crippen LogP contribution in [0, 0.1) is 0 Å². The van der Waals surface area contributed by atoms with E-state index in [4.69, 9.17) is 44.3 Å². The molecular weight excluding hydrogens is 409 g/mol. The molecule has 11 heteroatoms. The van der Waals surface area contributed by atoms with Crippen molar-refractivity contribution < 1.29 is 24.2 Å². The summed E-state index contributed by atoms with van der Waals surface area (Å²) in [5, 5.41) is 13.9. The molecule has 1 aliphatic rings. The molecule has 0 radical (unpaired) electrons.